The summed E-state index contributed by atoms with van der Waals surface area (Å²) in [6, 6.07) is 5.29. The second kappa shape index (κ2) is 5.32. The number of carbonyl (C=O) groups excluding carboxylic acids is 1. The Balaban J connectivity index is 2.64. The molecule has 2 rings (SSSR count). The molecule has 0 amide bonds. The van der Waals surface area contributed by atoms with E-state index in [1.807, 2.05) is 0 Å². The highest BCUT2D eigenvalue weighted by atomic mass is 35.5. The smallest absolute Gasteiger partial charge is 0.340 e. The van der Waals surface area contributed by atoms with E-state index in [1.54, 1.807) is 0 Å². The Labute approximate surface area is 112 Å². The van der Waals surface area contributed by atoms with Crippen LogP contribution in [0.2, 0.25) is 5.02 Å². The van der Waals surface area contributed by atoms with Crippen molar-refractivity contribution < 1.29 is 18.3 Å². The molecule has 1 aromatic carbocycles. The average Bonchev–Trinajstić information content (AvgIpc) is 2.42. The molecule has 0 saturated heterocycles. The summed E-state index contributed by atoms with van der Waals surface area (Å²) in [5, 5.41) is -0.151. The quantitative estimate of drug-likeness (QED) is 0.792. The topological polar surface area (TPSA) is 39.2 Å². The van der Waals surface area contributed by atoms with Crippen molar-refractivity contribution in [2.75, 3.05) is 7.11 Å². The van der Waals surface area contributed by atoms with Gasteiger partial charge in [-0.1, -0.05) is 17.7 Å². The second-order valence-corrected chi connectivity index (χ2v) is 4.02. The first kappa shape index (κ1) is 13.4. The molecule has 0 saturated carbocycles. The van der Waals surface area contributed by atoms with Crippen molar-refractivity contribution in [3.8, 4) is 11.3 Å². The van der Waals surface area contributed by atoms with Gasteiger partial charge in [0.1, 0.15) is 5.69 Å². The lowest BCUT2D eigenvalue weighted by Crippen LogP contribution is -2.07. The summed E-state index contributed by atoms with van der Waals surface area (Å²) < 4.78 is 32.4. The molecule has 0 aliphatic rings. The van der Waals surface area contributed by atoms with E-state index in [-0.39, 0.29) is 21.8 Å². The maximum atomic E-state index is 14.1. The number of methoxy groups -OCH3 is 1. The fourth-order valence-electron chi connectivity index (χ4n) is 1.59. The predicted molar refractivity (Wildman–Crippen MR) is 65.9 cm³/mol. The van der Waals surface area contributed by atoms with Crippen LogP contribution in [0.25, 0.3) is 11.3 Å². The Kier molecular flexibility index (Phi) is 3.76. The van der Waals surface area contributed by atoms with Gasteiger partial charge < -0.3 is 4.74 Å². The molecule has 6 heteroatoms. The van der Waals surface area contributed by atoms with E-state index in [0.29, 0.717) is 0 Å². The Morgan fingerprint density at radius 2 is 2.00 bits per heavy atom. The first-order chi connectivity index (χ1) is 9.06. The van der Waals surface area contributed by atoms with Crippen LogP contribution in [0.15, 0.2) is 30.5 Å². The lowest BCUT2D eigenvalue weighted by molar-refractivity contribution is 0.0595. The molecule has 0 unspecified atom stereocenters. The van der Waals surface area contributed by atoms with Crippen LogP contribution < -0.4 is 0 Å². The summed E-state index contributed by atoms with van der Waals surface area (Å²) >= 11 is 5.63. The van der Waals surface area contributed by atoms with Crippen molar-refractivity contribution >= 4 is 17.6 Å². The molecule has 1 aromatic heterocycles. The predicted octanol–water partition coefficient (Wildman–Crippen LogP) is 3.47. The van der Waals surface area contributed by atoms with Crippen LogP contribution >= 0.6 is 11.6 Å². The Morgan fingerprint density at radius 3 is 2.68 bits per heavy atom. The van der Waals surface area contributed by atoms with Crippen molar-refractivity contribution in [3.05, 3.63) is 52.7 Å². The van der Waals surface area contributed by atoms with Crippen molar-refractivity contribution in [2.24, 2.45) is 0 Å². The summed E-state index contributed by atoms with van der Waals surface area (Å²) in [6.07, 6.45) is 1.20. The van der Waals surface area contributed by atoms with Gasteiger partial charge in [-0.2, -0.15) is 0 Å². The molecule has 1 heterocycles. The Hall–Kier alpha value is -2.01. The molecule has 19 heavy (non-hydrogen) atoms. The van der Waals surface area contributed by atoms with Crippen LogP contribution in [0.4, 0.5) is 8.78 Å². The molecule has 0 spiro atoms. The normalized spacial score (nSPS) is 10.3. The number of carbonyl (C=O) groups is 1. The largest absolute Gasteiger partial charge is 0.465 e. The number of hydrogen-bond acceptors (Lipinski definition) is 3. The van der Waals surface area contributed by atoms with Gasteiger partial charge in [-0.3, -0.25) is 4.98 Å². The van der Waals surface area contributed by atoms with Gasteiger partial charge in [-0.05, 0) is 18.2 Å². The highest BCUT2D eigenvalue weighted by Gasteiger charge is 2.20. The number of nitrogens with zero attached hydrogens (tertiary/aromatic N) is 1. The van der Waals surface area contributed by atoms with Crippen molar-refractivity contribution in [1.82, 2.24) is 4.98 Å². The van der Waals surface area contributed by atoms with Gasteiger partial charge in [0.05, 0.1) is 17.7 Å². The molecule has 98 valence electrons. The van der Waals surface area contributed by atoms with Gasteiger partial charge in [0.25, 0.3) is 0 Å². The number of aromatic nitrogens is 1. The maximum absolute atomic E-state index is 14.1. The first-order valence-corrected chi connectivity index (χ1v) is 5.61. The van der Waals surface area contributed by atoms with Crippen molar-refractivity contribution in [1.29, 1.82) is 0 Å². The molecule has 0 atom stereocenters. The minimum Gasteiger partial charge on any atom is -0.465 e. The highest BCUT2D eigenvalue weighted by Crippen LogP contribution is 2.29. The van der Waals surface area contributed by atoms with E-state index >= 15 is 0 Å². The molecular formula is C13H8ClF2NO2. The Morgan fingerprint density at radius 1 is 1.26 bits per heavy atom. The summed E-state index contributed by atoms with van der Waals surface area (Å²) in [4.78, 5) is 15.1. The van der Waals surface area contributed by atoms with E-state index in [9.17, 15) is 13.6 Å². The third-order valence-corrected chi connectivity index (χ3v) is 2.79. The summed E-state index contributed by atoms with van der Waals surface area (Å²) in [5.41, 5.74) is -0.717. The lowest BCUT2D eigenvalue weighted by Gasteiger charge is -2.07. The summed E-state index contributed by atoms with van der Waals surface area (Å²) in [7, 11) is 1.13. The molecule has 3 nitrogen and oxygen atoms in total. The number of hydrogen-bond donors (Lipinski definition) is 0. The third-order valence-electron chi connectivity index (χ3n) is 2.50. The maximum Gasteiger partial charge on any atom is 0.340 e. The fraction of sp³-hybridized carbons (Fsp3) is 0.0769. The molecule has 0 aliphatic heterocycles. The van der Waals surface area contributed by atoms with Crippen molar-refractivity contribution in [3.63, 3.8) is 0 Å². The van der Waals surface area contributed by atoms with Crippen LogP contribution in [0, 0.1) is 11.6 Å². The molecule has 2 aromatic rings. The monoisotopic (exact) mass is 283 g/mol. The zero-order valence-electron chi connectivity index (χ0n) is 9.78. The zero-order chi connectivity index (χ0) is 14.0. The van der Waals surface area contributed by atoms with Crippen LogP contribution in [0.5, 0.6) is 0 Å². The molecule has 0 bridgehead atoms. The van der Waals surface area contributed by atoms with Gasteiger partial charge >= 0.3 is 5.97 Å². The van der Waals surface area contributed by atoms with Gasteiger partial charge in [-0.25, -0.2) is 13.6 Å². The second-order valence-electron chi connectivity index (χ2n) is 3.61. The molecule has 0 aliphatic carbocycles. The number of ether oxygens (including phenoxy) is 1. The molecule has 0 fully saturated rings. The number of benzene rings is 1. The number of rotatable bonds is 2. The van der Waals surface area contributed by atoms with Gasteiger partial charge in [0.2, 0.25) is 0 Å². The molecule has 0 N–H and O–H groups in total. The molecule has 0 radical (unpaired) electrons. The van der Waals surface area contributed by atoms with Crippen LogP contribution in [-0.4, -0.2) is 18.1 Å². The molecular weight excluding hydrogens is 276 g/mol. The van der Waals surface area contributed by atoms with E-state index in [4.69, 9.17) is 11.6 Å². The van der Waals surface area contributed by atoms with Crippen molar-refractivity contribution in [2.45, 2.75) is 0 Å². The Bertz CT molecular complexity index is 647. The standard InChI is InChI=1S/C13H8ClF2NO2/c1-19-13(18)8-5-6-17-12(11(8)16)7-3-2-4-9(14)10(7)15/h2-6H,1H3. The SMILES string of the molecule is COC(=O)c1ccnc(-c2cccc(Cl)c2F)c1F. The highest BCUT2D eigenvalue weighted by molar-refractivity contribution is 6.31. The van der Waals surface area contributed by atoms with E-state index in [2.05, 4.69) is 9.72 Å². The minimum atomic E-state index is -0.949. The number of esters is 1. The number of halogens is 3. The zero-order valence-corrected chi connectivity index (χ0v) is 10.5. The average molecular weight is 284 g/mol. The van der Waals surface area contributed by atoms with E-state index < -0.39 is 17.6 Å². The first-order valence-electron chi connectivity index (χ1n) is 5.23. The van der Waals surface area contributed by atoms with E-state index in [1.165, 1.54) is 24.4 Å². The minimum absolute atomic E-state index is 0.115. The van der Waals surface area contributed by atoms with Crippen LogP contribution in [-0.2, 0) is 4.74 Å². The summed E-state index contributed by atoms with van der Waals surface area (Å²) in [6.45, 7) is 0. The van der Waals surface area contributed by atoms with Crippen LogP contribution in [0.3, 0.4) is 0 Å². The third kappa shape index (κ3) is 2.42. The summed E-state index contributed by atoms with van der Waals surface area (Å²) in [5.74, 6) is -2.60. The number of pyridine rings is 1. The van der Waals surface area contributed by atoms with Gasteiger partial charge in [-0.15, -0.1) is 0 Å². The fourth-order valence-corrected chi connectivity index (χ4v) is 1.76. The van der Waals surface area contributed by atoms with Gasteiger partial charge in [0.15, 0.2) is 11.6 Å². The van der Waals surface area contributed by atoms with Gasteiger partial charge in [0, 0.05) is 11.8 Å². The van der Waals surface area contributed by atoms with Crippen LogP contribution in [0.1, 0.15) is 10.4 Å². The lowest BCUT2D eigenvalue weighted by atomic mass is 10.1. The van der Waals surface area contributed by atoms with E-state index in [0.717, 1.165) is 13.2 Å².